The zero-order valence-electron chi connectivity index (χ0n) is 14.4. The minimum absolute atomic E-state index is 0.292. The minimum atomic E-state index is -1.01. The van der Waals surface area contributed by atoms with Gasteiger partial charge in [0.1, 0.15) is 12.1 Å². The molecular weight excluding hydrogens is 350 g/mol. The Bertz CT molecular complexity index is 907. The lowest BCUT2D eigenvalue weighted by Crippen LogP contribution is -2.46. The summed E-state index contributed by atoms with van der Waals surface area (Å²) >= 11 is 1.61. The lowest BCUT2D eigenvalue weighted by Gasteiger charge is -2.31. The molecule has 1 saturated heterocycles. The lowest BCUT2D eigenvalue weighted by atomic mass is 9.80. The van der Waals surface area contributed by atoms with Crippen LogP contribution in [0.15, 0.2) is 35.7 Å². The Morgan fingerprint density at radius 3 is 3.00 bits per heavy atom. The maximum atomic E-state index is 13.1. The van der Waals surface area contributed by atoms with Crippen molar-refractivity contribution in [3.8, 4) is 0 Å². The molecular formula is C19H19N3O3S. The van der Waals surface area contributed by atoms with Crippen molar-refractivity contribution in [2.45, 2.75) is 31.7 Å². The number of anilines is 1. The van der Waals surface area contributed by atoms with Crippen LogP contribution in [0.1, 0.15) is 28.8 Å². The van der Waals surface area contributed by atoms with Crippen molar-refractivity contribution >= 4 is 34.9 Å². The van der Waals surface area contributed by atoms with E-state index in [0.717, 1.165) is 33.7 Å². The molecule has 1 aromatic carbocycles. The molecule has 1 spiro atoms. The highest BCUT2D eigenvalue weighted by atomic mass is 32.1. The van der Waals surface area contributed by atoms with Gasteiger partial charge < -0.3 is 10.6 Å². The third-order valence-electron chi connectivity index (χ3n) is 4.94. The first-order valence-corrected chi connectivity index (χ1v) is 9.45. The second-order valence-corrected chi connectivity index (χ2v) is 7.76. The Balaban J connectivity index is 1.53. The van der Waals surface area contributed by atoms with Gasteiger partial charge in [-0.05, 0) is 55.3 Å². The number of urea groups is 1. The standard InChI is InChI=1S/C19H19N3O3S/c1-12-4-2-5-13(10-12)20-16(23)11-22-17(24)19(21-18(22)25)8-3-6-15-14(19)7-9-26-15/h2,4-5,7,9-10H,3,6,8,11H2,1H3,(H,20,23)(H,21,25). The van der Waals surface area contributed by atoms with E-state index in [1.165, 1.54) is 0 Å². The van der Waals surface area contributed by atoms with Crippen LogP contribution in [0.4, 0.5) is 10.5 Å². The number of rotatable bonds is 3. The van der Waals surface area contributed by atoms with Crippen molar-refractivity contribution < 1.29 is 14.4 Å². The van der Waals surface area contributed by atoms with Gasteiger partial charge in [0.15, 0.2) is 0 Å². The maximum Gasteiger partial charge on any atom is 0.325 e. The van der Waals surface area contributed by atoms with E-state index in [-0.39, 0.29) is 12.5 Å². The average molecular weight is 369 g/mol. The Kier molecular flexibility index (Phi) is 4.03. The quantitative estimate of drug-likeness (QED) is 0.817. The molecule has 134 valence electrons. The molecule has 2 N–H and O–H groups in total. The molecule has 26 heavy (non-hydrogen) atoms. The van der Waals surface area contributed by atoms with Crippen LogP contribution in [0.25, 0.3) is 0 Å². The SMILES string of the molecule is Cc1cccc(NC(=O)CN2C(=O)NC3(CCCc4sccc43)C2=O)c1. The van der Waals surface area contributed by atoms with E-state index < -0.39 is 17.5 Å². The smallest absolute Gasteiger partial charge is 0.325 e. The molecule has 7 heteroatoms. The fourth-order valence-corrected chi connectivity index (χ4v) is 4.75. The van der Waals surface area contributed by atoms with E-state index in [1.807, 2.05) is 36.6 Å². The number of thiophene rings is 1. The molecule has 2 aromatic rings. The van der Waals surface area contributed by atoms with E-state index in [2.05, 4.69) is 10.6 Å². The first-order chi connectivity index (χ1) is 12.5. The molecule has 0 saturated carbocycles. The number of hydrogen-bond acceptors (Lipinski definition) is 4. The highest BCUT2D eigenvalue weighted by Crippen LogP contribution is 2.42. The third kappa shape index (κ3) is 2.68. The first kappa shape index (κ1) is 16.8. The summed E-state index contributed by atoms with van der Waals surface area (Å²) in [6.07, 6.45) is 2.33. The number of nitrogens with one attached hydrogen (secondary N) is 2. The third-order valence-corrected chi connectivity index (χ3v) is 5.92. The van der Waals surface area contributed by atoms with E-state index in [0.29, 0.717) is 12.1 Å². The summed E-state index contributed by atoms with van der Waals surface area (Å²) < 4.78 is 0. The highest BCUT2D eigenvalue weighted by Gasteiger charge is 2.54. The number of hydrogen-bond donors (Lipinski definition) is 2. The normalized spacial score (nSPS) is 21.7. The van der Waals surface area contributed by atoms with Crippen molar-refractivity contribution in [1.82, 2.24) is 10.2 Å². The van der Waals surface area contributed by atoms with Crippen LogP contribution in [0, 0.1) is 6.92 Å². The summed E-state index contributed by atoms with van der Waals surface area (Å²) in [6, 6.07) is 8.79. The molecule has 4 amide bonds. The molecule has 0 bridgehead atoms. The number of aryl methyl sites for hydroxylation is 2. The average Bonchev–Trinajstić information content (AvgIpc) is 3.16. The second-order valence-electron chi connectivity index (χ2n) is 6.76. The number of benzene rings is 1. The summed E-state index contributed by atoms with van der Waals surface area (Å²) in [6.45, 7) is 1.64. The Hall–Kier alpha value is -2.67. The summed E-state index contributed by atoms with van der Waals surface area (Å²) in [5.41, 5.74) is 1.54. The van der Waals surface area contributed by atoms with Crippen LogP contribution in [-0.2, 0) is 21.5 Å². The van der Waals surface area contributed by atoms with E-state index in [1.54, 1.807) is 17.4 Å². The maximum absolute atomic E-state index is 13.1. The Morgan fingerprint density at radius 1 is 1.35 bits per heavy atom. The molecule has 1 aromatic heterocycles. The van der Waals surface area contributed by atoms with Gasteiger partial charge in [-0.1, -0.05) is 12.1 Å². The van der Waals surface area contributed by atoms with Crippen LogP contribution < -0.4 is 10.6 Å². The second kappa shape index (κ2) is 6.25. The molecule has 2 heterocycles. The molecule has 1 aliphatic heterocycles. The number of nitrogens with zero attached hydrogens (tertiary/aromatic N) is 1. The number of carbonyl (C=O) groups excluding carboxylic acids is 3. The molecule has 1 aliphatic carbocycles. The van der Waals surface area contributed by atoms with Crippen molar-refractivity contribution in [2.24, 2.45) is 0 Å². The van der Waals surface area contributed by atoms with Crippen LogP contribution in [0.3, 0.4) is 0 Å². The van der Waals surface area contributed by atoms with Gasteiger partial charge in [0.25, 0.3) is 5.91 Å². The highest BCUT2D eigenvalue weighted by molar-refractivity contribution is 7.10. The van der Waals surface area contributed by atoms with Gasteiger partial charge >= 0.3 is 6.03 Å². The van der Waals surface area contributed by atoms with Gasteiger partial charge in [-0.25, -0.2) is 4.79 Å². The Labute approximate surface area is 155 Å². The van der Waals surface area contributed by atoms with Gasteiger partial charge in [0.2, 0.25) is 5.91 Å². The zero-order valence-corrected chi connectivity index (χ0v) is 15.2. The van der Waals surface area contributed by atoms with Crippen molar-refractivity contribution in [3.63, 3.8) is 0 Å². The summed E-state index contributed by atoms with van der Waals surface area (Å²) in [5.74, 6) is -0.723. The first-order valence-electron chi connectivity index (χ1n) is 8.57. The van der Waals surface area contributed by atoms with Crippen molar-refractivity contribution in [3.05, 3.63) is 51.7 Å². The van der Waals surface area contributed by atoms with Gasteiger partial charge in [-0.15, -0.1) is 11.3 Å². The largest absolute Gasteiger partial charge is 0.325 e. The fraction of sp³-hybridized carbons (Fsp3) is 0.316. The van der Waals surface area contributed by atoms with Gasteiger partial charge in [0, 0.05) is 16.1 Å². The monoisotopic (exact) mass is 369 g/mol. The fourth-order valence-electron chi connectivity index (χ4n) is 3.75. The van der Waals surface area contributed by atoms with Crippen LogP contribution in [0.2, 0.25) is 0 Å². The molecule has 1 fully saturated rings. The molecule has 0 radical (unpaired) electrons. The molecule has 2 aliphatic rings. The van der Waals surface area contributed by atoms with Crippen molar-refractivity contribution in [1.29, 1.82) is 0 Å². The van der Waals surface area contributed by atoms with Gasteiger partial charge in [-0.2, -0.15) is 0 Å². The molecule has 1 unspecified atom stereocenters. The summed E-state index contributed by atoms with van der Waals surface area (Å²) in [4.78, 5) is 40.0. The zero-order chi connectivity index (χ0) is 18.3. The van der Waals surface area contributed by atoms with Crippen LogP contribution >= 0.6 is 11.3 Å². The number of fused-ring (bicyclic) bond motifs is 2. The number of amides is 4. The number of carbonyl (C=O) groups is 3. The molecule has 1 atom stereocenters. The van der Waals surface area contributed by atoms with Crippen LogP contribution in [-0.4, -0.2) is 29.3 Å². The topological polar surface area (TPSA) is 78.5 Å². The predicted octanol–water partition coefficient (Wildman–Crippen LogP) is 2.78. The van der Waals surface area contributed by atoms with Gasteiger partial charge in [-0.3, -0.25) is 14.5 Å². The van der Waals surface area contributed by atoms with E-state index in [4.69, 9.17) is 0 Å². The van der Waals surface area contributed by atoms with E-state index >= 15 is 0 Å². The predicted molar refractivity (Wildman–Crippen MR) is 99.0 cm³/mol. The van der Waals surface area contributed by atoms with Crippen LogP contribution in [0.5, 0.6) is 0 Å². The van der Waals surface area contributed by atoms with Gasteiger partial charge in [0.05, 0.1) is 0 Å². The van der Waals surface area contributed by atoms with E-state index in [9.17, 15) is 14.4 Å². The molecule has 4 rings (SSSR count). The summed E-state index contributed by atoms with van der Waals surface area (Å²) in [5, 5.41) is 7.55. The number of imide groups is 1. The molecule has 6 nitrogen and oxygen atoms in total. The summed E-state index contributed by atoms with van der Waals surface area (Å²) in [7, 11) is 0. The minimum Gasteiger partial charge on any atom is -0.325 e. The lowest BCUT2D eigenvalue weighted by molar-refractivity contribution is -0.134. The van der Waals surface area contributed by atoms with Crippen molar-refractivity contribution in [2.75, 3.05) is 11.9 Å². The Morgan fingerprint density at radius 2 is 2.19 bits per heavy atom.